The molecule has 0 aromatic heterocycles. The summed E-state index contributed by atoms with van der Waals surface area (Å²) >= 11 is 0. The van der Waals surface area contributed by atoms with Gasteiger partial charge in [-0.1, -0.05) is 19.9 Å². The Morgan fingerprint density at radius 1 is 1.21 bits per heavy atom. The molecule has 3 N–H and O–H groups in total. The predicted octanol–water partition coefficient (Wildman–Crippen LogP) is 3.78. The molecule has 1 aliphatic carbocycles. The molecule has 1 aliphatic heterocycles. The number of carbonyl (C=O) groups is 2. The van der Waals surface area contributed by atoms with Crippen molar-refractivity contribution < 1.29 is 24.2 Å². The van der Waals surface area contributed by atoms with Crippen molar-refractivity contribution in [2.24, 2.45) is 22.4 Å². The molecule has 8 heteroatoms. The van der Waals surface area contributed by atoms with Gasteiger partial charge in [0.1, 0.15) is 0 Å². The third-order valence-corrected chi connectivity index (χ3v) is 7.19. The topological polar surface area (TPSA) is 109 Å². The van der Waals surface area contributed by atoms with Gasteiger partial charge in [0.2, 0.25) is 5.91 Å². The van der Waals surface area contributed by atoms with E-state index in [1.807, 2.05) is 19.9 Å². The Morgan fingerprint density at radius 3 is 2.65 bits per heavy atom. The van der Waals surface area contributed by atoms with Gasteiger partial charge in [0.25, 0.3) is 0 Å². The number of amides is 1. The summed E-state index contributed by atoms with van der Waals surface area (Å²) in [5, 5.41) is 17.2. The number of hydrazone groups is 1. The Balaban J connectivity index is 1.60. The highest BCUT2D eigenvalue weighted by atomic mass is 16.5. The van der Waals surface area contributed by atoms with Crippen molar-refractivity contribution in [2.75, 3.05) is 20.8 Å². The lowest BCUT2D eigenvalue weighted by molar-refractivity contribution is -0.138. The molecule has 8 nitrogen and oxygen atoms in total. The first-order valence-corrected chi connectivity index (χ1v) is 12.2. The van der Waals surface area contributed by atoms with Gasteiger partial charge in [-0.2, -0.15) is 5.10 Å². The zero-order valence-corrected chi connectivity index (χ0v) is 20.9. The number of carboxylic acids is 1. The van der Waals surface area contributed by atoms with E-state index in [-0.39, 0.29) is 30.1 Å². The number of aliphatic carboxylic acids is 1. The number of carbonyl (C=O) groups excluding carboxylic acids is 1. The van der Waals surface area contributed by atoms with E-state index in [0.717, 1.165) is 55.9 Å². The van der Waals surface area contributed by atoms with Crippen LogP contribution >= 0.6 is 0 Å². The standard InChI is InChI=1S/C26H39N3O5/c1-17(2)11-19(14-25(31)32)13-24(30)29-28-20-7-8-26(9-10-27-23(26)15-20)16-18-5-6-21(33-3)22(12-18)34-4/h5-6,12,17,19,23,27H,7-11,13-16H2,1-4H3,(H,29,30)(H,31,32)/t19?,23-,26+/m0/s1. The lowest BCUT2D eigenvalue weighted by atomic mass is 9.67. The first kappa shape index (κ1) is 26.0. The van der Waals surface area contributed by atoms with Crippen LogP contribution in [-0.2, 0) is 16.0 Å². The van der Waals surface area contributed by atoms with Crippen LogP contribution in [0.3, 0.4) is 0 Å². The summed E-state index contributed by atoms with van der Waals surface area (Å²) in [6.07, 6.45) is 5.62. The highest BCUT2D eigenvalue weighted by Gasteiger charge is 2.45. The first-order valence-electron chi connectivity index (χ1n) is 12.2. The van der Waals surface area contributed by atoms with Crippen molar-refractivity contribution in [3.63, 3.8) is 0 Å². The quantitative estimate of drug-likeness (QED) is 0.422. The van der Waals surface area contributed by atoms with Gasteiger partial charge < -0.3 is 19.9 Å². The van der Waals surface area contributed by atoms with Crippen molar-refractivity contribution in [2.45, 2.75) is 71.3 Å². The van der Waals surface area contributed by atoms with Crippen molar-refractivity contribution in [1.82, 2.24) is 10.7 Å². The minimum Gasteiger partial charge on any atom is -0.493 e. The van der Waals surface area contributed by atoms with E-state index in [1.54, 1.807) is 14.2 Å². The van der Waals surface area contributed by atoms with Gasteiger partial charge in [0, 0.05) is 31.0 Å². The fourth-order valence-corrected chi connectivity index (χ4v) is 5.61. The average molecular weight is 474 g/mol. The van der Waals surface area contributed by atoms with Crippen molar-refractivity contribution in [3.05, 3.63) is 23.8 Å². The Kier molecular flexibility index (Phi) is 8.94. The van der Waals surface area contributed by atoms with Gasteiger partial charge in [-0.25, -0.2) is 5.43 Å². The maximum Gasteiger partial charge on any atom is 0.303 e. The zero-order valence-electron chi connectivity index (χ0n) is 20.9. The molecule has 0 radical (unpaired) electrons. The van der Waals surface area contributed by atoms with E-state index in [0.29, 0.717) is 18.4 Å². The normalized spacial score (nSPS) is 24.0. The number of hydrogen-bond donors (Lipinski definition) is 3. The lowest BCUT2D eigenvalue weighted by Gasteiger charge is -2.40. The van der Waals surface area contributed by atoms with E-state index in [9.17, 15) is 9.59 Å². The molecule has 1 saturated carbocycles. The second kappa shape index (κ2) is 11.7. The van der Waals surface area contributed by atoms with Crippen LogP contribution in [0.25, 0.3) is 0 Å². The minimum atomic E-state index is -0.866. The number of benzene rings is 1. The molecular formula is C26H39N3O5. The molecule has 1 heterocycles. The highest BCUT2D eigenvalue weighted by molar-refractivity contribution is 5.88. The summed E-state index contributed by atoms with van der Waals surface area (Å²) < 4.78 is 10.9. The molecule has 3 atom stereocenters. The van der Waals surface area contributed by atoms with E-state index >= 15 is 0 Å². The van der Waals surface area contributed by atoms with Crippen LogP contribution in [0.2, 0.25) is 0 Å². The fraction of sp³-hybridized carbons (Fsp3) is 0.654. The maximum absolute atomic E-state index is 12.5. The van der Waals surface area contributed by atoms with Crippen LogP contribution < -0.4 is 20.2 Å². The third-order valence-electron chi connectivity index (χ3n) is 7.19. The zero-order chi connectivity index (χ0) is 24.7. The minimum absolute atomic E-state index is 0.00678. The van der Waals surface area contributed by atoms with Crippen LogP contribution in [0.15, 0.2) is 23.3 Å². The van der Waals surface area contributed by atoms with E-state index in [4.69, 9.17) is 14.6 Å². The van der Waals surface area contributed by atoms with Gasteiger partial charge in [-0.3, -0.25) is 9.59 Å². The largest absolute Gasteiger partial charge is 0.493 e. The summed E-state index contributed by atoms with van der Waals surface area (Å²) in [6.45, 7) is 5.05. The molecular weight excluding hydrogens is 434 g/mol. The molecule has 2 fully saturated rings. The van der Waals surface area contributed by atoms with Crippen molar-refractivity contribution >= 4 is 17.6 Å². The second-order valence-electron chi connectivity index (χ2n) is 10.2. The summed E-state index contributed by atoms with van der Waals surface area (Å²) in [5.41, 5.74) is 5.08. The predicted molar refractivity (Wildman–Crippen MR) is 131 cm³/mol. The number of nitrogens with one attached hydrogen (secondary N) is 2. The molecule has 188 valence electrons. The number of fused-ring (bicyclic) bond motifs is 1. The van der Waals surface area contributed by atoms with Gasteiger partial charge in [0.05, 0.1) is 14.2 Å². The number of nitrogens with zero attached hydrogens (tertiary/aromatic N) is 1. The third kappa shape index (κ3) is 6.72. The van der Waals surface area contributed by atoms with Crippen LogP contribution in [0.1, 0.15) is 64.4 Å². The second-order valence-corrected chi connectivity index (χ2v) is 10.2. The monoisotopic (exact) mass is 473 g/mol. The highest BCUT2D eigenvalue weighted by Crippen LogP contribution is 2.45. The summed E-state index contributed by atoms with van der Waals surface area (Å²) in [5.74, 6) is 0.579. The molecule has 1 aromatic carbocycles. The molecule has 3 rings (SSSR count). The molecule has 1 aromatic rings. The van der Waals surface area contributed by atoms with Gasteiger partial charge in [-0.15, -0.1) is 0 Å². The molecule has 34 heavy (non-hydrogen) atoms. The van der Waals surface area contributed by atoms with Gasteiger partial charge >= 0.3 is 5.97 Å². The summed E-state index contributed by atoms with van der Waals surface area (Å²) in [6, 6.07) is 6.45. The Labute approximate surface area is 202 Å². The van der Waals surface area contributed by atoms with Gasteiger partial charge in [-0.05, 0) is 73.6 Å². The maximum atomic E-state index is 12.5. The van der Waals surface area contributed by atoms with Crippen LogP contribution in [0, 0.1) is 17.3 Å². The Morgan fingerprint density at radius 2 is 1.97 bits per heavy atom. The number of carboxylic acid groups (broad SMARTS) is 1. The van der Waals surface area contributed by atoms with Crippen LogP contribution in [0.4, 0.5) is 0 Å². The number of ether oxygens (including phenoxy) is 2. The number of methoxy groups -OCH3 is 2. The Hall–Kier alpha value is -2.61. The smallest absolute Gasteiger partial charge is 0.303 e. The molecule has 2 aliphatic rings. The van der Waals surface area contributed by atoms with Crippen molar-refractivity contribution in [3.8, 4) is 11.5 Å². The fourth-order valence-electron chi connectivity index (χ4n) is 5.61. The lowest BCUT2D eigenvalue weighted by Crippen LogP contribution is -2.44. The summed E-state index contributed by atoms with van der Waals surface area (Å²) in [7, 11) is 3.30. The first-order chi connectivity index (χ1) is 16.2. The number of rotatable bonds is 11. The SMILES string of the molecule is COc1ccc(C[C@@]23CCN[C@H]2CC(=NNC(=O)CC(CC(=O)O)CC(C)C)CC3)cc1OC. The molecule has 0 spiro atoms. The summed E-state index contributed by atoms with van der Waals surface area (Å²) in [4.78, 5) is 23.6. The van der Waals surface area contributed by atoms with E-state index < -0.39 is 5.97 Å². The van der Waals surface area contributed by atoms with Gasteiger partial charge in [0.15, 0.2) is 11.5 Å². The molecule has 0 bridgehead atoms. The number of hydrogen-bond acceptors (Lipinski definition) is 6. The molecule has 1 amide bonds. The van der Waals surface area contributed by atoms with Crippen LogP contribution in [-0.4, -0.2) is 49.5 Å². The molecule has 1 saturated heterocycles. The molecule has 1 unspecified atom stereocenters. The van der Waals surface area contributed by atoms with E-state index in [1.165, 1.54) is 5.56 Å². The van der Waals surface area contributed by atoms with Crippen LogP contribution in [0.5, 0.6) is 11.5 Å². The Bertz CT molecular complexity index is 900. The van der Waals surface area contributed by atoms with Crippen molar-refractivity contribution in [1.29, 1.82) is 0 Å². The van der Waals surface area contributed by atoms with E-state index in [2.05, 4.69) is 28.0 Å². The average Bonchev–Trinajstić information content (AvgIpc) is 3.19.